The number of thioether (sulfide) groups is 1. The number of halogens is 1. The molecular weight excluding hydrogens is 261 g/mol. The SMILES string of the molecule is Nc1cccc(SCC2Cc3cc(F)ccc3O2)c1. The molecule has 1 unspecified atom stereocenters. The monoisotopic (exact) mass is 275 g/mol. The molecule has 1 aliphatic heterocycles. The van der Waals surface area contributed by atoms with Crippen LogP contribution in [0.15, 0.2) is 47.4 Å². The molecule has 1 atom stereocenters. The molecule has 0 saturated carbocycles. The highest BCUT2D eigenvalue weighted by Crippen LogP contribution is 2.32. The second-order valence-corrected chi connectivity index (χ2v) is 5.67. The van der Waals surface area contributed by atoms with Crippen LogP contribution in [0.5, 0.6) is 5.75 Å². The van der Waals surface area contributed by atoms with E-state index in [9.17, 15) is 4.39 Å². The van der Waals surface area contributed by atoms with Crippen molar-refractivity contribution < 1.29 is 9.13 Å². The van der Waals surface area contributed by atoms with E-state index in [-0.39, 0.29) is 11.9 Å². The zero-order valence-electron chi connectivity index (χ0n) is 10.3. The van der Waals surface area contributed by atoms with Crippen molar-refractivity contribution in [2.24, 2.45) is 0 Å². The highest BCUT2D eigenvalue weighted by atomic mass is 32.2. The summed E-state index contributed by atoms with van der Waals surface area (Å²) in [5.74, 6) is 1.44. The van der Waals surface area contributed by atoms with Gasteiger partial charge in [-0.3, -0.25) is 0 Å². The molecule has 0 saturated heterocycles. The minimum atomic E-state index is -0.202. The maximum atomic E-state index is 13.1. The Hall–Kier alpha value is -1.68. The first-order chi connectivity index (χ1) is 9.20. The van der Waals surface area contributed by atoms with Crippen molar-refractivity contribution in [3.63, 3.8) is 0 Å². The van der Waals surface area contributed by atoms with Crippen molar-refractivity contribution >= 4 is 17.4 Å². The average molecular weight is 275 g/mol. The third-order valence-corrected chi connectivity index (χ3v) is 4.18. The molecule has 1 aliphatic rings. The van der Waals surface area contributed by atoms with E-state index < -0.39 is 0 Å². The van der Waals surface area contributed by atoms with Gasteiger partial charge in [0.15, 0.2) is 0 Å². The van der Waals surface area contributed by atoms with Crippen molar-refractivity contribution in [1.82, 2.24) is 0 Å². The van der Waals surface area contributed by atoms with Crippen molar-refractivity contribution in [2.45, 2.75) is 17.4 Å². The van der Waals surface area contributed by atoms with Gasteiger partial charge in [-0.2, -0.15) is 0 Å². The van der Waals surface area contributed by atoms with Gasteiger partial charge in [0.25, 0.3) is 0 Å². The van der Waals surface area contributed by atoms with Gasteiger partial charge in [-0.15, -0.1) is 11.8 Å². The molecule has 19 heavy (non-hydrogen) atoms. The molecule has 0 aromatic heterocycles. The highest BCUT2D eigenvalue weighted by molar-refractivity contribution is 7.99. The summed E-state index contributed by atoms with van der Waals surface area (Å²) in [4.78, 5) is 1.13. The van der Waals surface area contributed by atoms with Gasteiger partial charge in [0.2, 0.25) is 0 Å². The van der Waals surface area contributed by atoms with Crippen molar-refractivity contribution in [1.29, 1.82) is 0 Å². The van der Waals surface area contributed by atoms with E-state index in [0.717, 1.165) is 34.1 Å². The van der Waals surface area contributed by atoms with Crippen LogP contribution < -0.4 is 10.5 Å². The van der Waals surface area contributed by atoms with Crippen LogP contribution in [0.1, 0.15) is 5.56 Å². The molecular formula is C15H14FNOS. The smallest absolute Gasteiger partial charge is 0.123 e. The van der Waals surface area contributed by atoms with Crippen LogP contribution in [0.4, 0.5) is 10.1 Å². The van der Waals surface area contributed by atoms with Crippen LogP contribution >= 0.6 is 11.8 Å². The predicted octanol–water partition coefficient (Wildman–Crippen LogP) is 3.50. The zero-order chi connectivity index (χ0) is 13.2. The Morgan fingerprint density at radius 1 is 1.26 bits per heavy atom. The number of benzene rings is 2. The summed E-state index contributed by atoms with van der Waals surface area (Å²) in [5.41, 5.74) is 7.46. The number of hydrogen-bond donors (Lipinski definition) is 1. The van der Waals surface area contributed by atoms with Gasteiger partial charge >= 0.3 is 0 Å². The van der Waals surface area contributed by atoms with E-state index in [1.807, 2.05) is 24.3 Å². The molecule has 2 aromatic carbocycles. The maximum absolute atomic E-state index is 13.1. The number of anilines is 1. The summed E-state index contributed by atoms with van der Waals surface area (Å²) in [7, 11) is 0. The lowest BCUT2D eigenvalue weighted by atomic mass is 10.1. The molecule has 2 N–H and O–H groups in total. The molecule has 4 heteroatoms. The van der Waals surface area contributed by atoms with E-state index in [4.69, 9.17) is 10.5 Å². The first kappa shape index (κ1) is 12.4. The van der Waals surface area contributed by atoms with Gasteiger partial charge < -0.3 is 10.5 Å². The predicted molar refractivity (Wildman–Crippen MR) is 76.1 cm³/mol. The summed E-state index contributed by atoms with van der Waals surface area (Å²) in [5, 5.41) is 0. The number of nitrogens with two attached hydrogens (primary N) is 1. The quantitative estimate of drug-likeness (QED) is 0.688. The number of rotatable bonds is 3. The third-order valence-electron chi connectivity index (χ3n) is 3.06. The Kier molecular flexibility index (Phi) is 3.34. The maximum Gasteiger partial charge on any atom is 0.123 e. The van der Waals surface area contributed by atoms with Crippen molar-refractivity contribution in [2.75, 3.05) is 11.5 Å². The fourth-order valence-corrected chi connectivity index (χ4v) is 3.13. The molecule has 0 amide bonds. The summed E-state index contributed by atoms with van der Waals surface area (Å²) in [6.07, 6.45) is 0.866. The first-order valence-corrected chi connectivity index (χ1v) is 7.13. The fourth-order valence-electron chi connectivity index (χ4n) is 2.18. The Morgan fingerprint density at radius 3 is 3.00 bits per heavy atom. The molecule has 2 nitrogen and oxygen atoms in total. The van der Waals surface area contributed by atoms with Gasteiger partial charge in [0.1, 0.15) is 17.7 Å². The summed E-state index contributed by atoms with van der Waals surface area (Å²) in [6.45, 7) is 0. The minimum Gasteiger partial charge on any atom is -0.489 e. The molecule has 1 heterocycles. The molecule has 0 fully saturated rings. The first-order valence-electron chi connectivity index (χ1n) is 6.14. The largest absolute Gasteiger partial charge is 0.489 e. The van der Waals surface area contributed by atoms with E-state index in [1.165, 1.54) is 6.07 Å². The molecule has 0 aliphatic carbocycles. The second kappa shape index (κ2) is 5.13. The van der Waals surface area contributed by atoms with Gasteiger partial charge in [-0.1, -0.05) is 6.07 Å². The Balaban J connectivity index is 1.62. The van der Waals surface area contributed by atoms with Crippen LogP contribution in [0.2, 0.25) is 0 Å². The van der Waals surface area contributed by atoms with Crippen LogP contribution in [-0.4, -0.2) is 11.9 Å². The molecule has 0 bridgehead atoms. The molecule has 2 aromatic rings. The lowest BCUT2D eigenvalue weighted by molar-refractivity contribution is 0.259. The second-order valence-electron chi connectivity index (χ2n) is 4.58. The summed E-state index contributed by atoms with van der Waals surface area (Å²) < 4.78 is 18.9. The van der Waals surface area contributed by atoms with Crippen molar-refractivity contribution in [3.8, 4) is 5.75 Å². The lowest BCUT2D eigenvalue weighted by Crippen LogP contribution is -2.15. The van der Waals surface area contributed by atoms with E-state index in [1.54, 1.807) is 23.9 Å². The molecule has 3 rings (SSSR count). The van der Waals surface area contributed by atoms with Crippen LogP contribution in [0.25, 0.3) is 0 Å². The van der Waals surface area contributed by atoms with Gasteiger partial charge in [0.05, 0.1) is 0 Å². The minimum absolute atomic E-state index is 0.100. The molecule has 98 valence electrons. The van der Waals surface area contributed by atoms with Gasteiger partial charge in [0, 0.05) is 28.3 Å². The Morgan fingerprint density at radius 2 is 2.16 bits per heavy atom. The summed E-state index contributed by atoms with van der Waals surface area (Å²) in [6, 6.07) is 12.5. The lowest BCUT2D eigenvalue weighted by Gasteiger charge is -2.10. The van der Waals surface area contributed by atoms with E-state index in [0.29, 0.717) is 0 Å². The number of nitrogen functional groups attached to an aromatic ring is 1. The Labute approximate surface area is 115 Å². The molecule has 0 spiro atoms. The van der Waals surface area contributed by atoms with E-state index in [2.05, 4.69) is 0 Å². The van der Waals surface area contributed by atoms with Gasteiger partial charge in [-0.25, -0.2) is 4.39 Å². The van der Waals surface area contributed by atoms with Crippen LogP contribution in [0.3, 0.4) is 0 Å². The molecule has 0 radical (unpaired) electrons. The number of fused-ring (bicyclic) bond motifs is 1. The van der Waals surface area contributed by atoms with E-state index >= 15 is 0 Å². The van der Waals surface area contributed by atoms with Crippen molar-refractivity contribution in [3.05, 3.63) is 53.8 Å². The van der Waals surface area contributed by atoms with Gasteiger partial charge in [-0.05, 0) is 36.4 Å². The average Bonchev–Trinajstić information content (AvgIpc) is 2.78. The van der Waals surface area contributed by atoms with Crippen LogP contribution in [-0.2, 0) is 6.42 Å². The topological polar surface area (TPSA) is 35.2 Å². The third kappa shape index (κ3) is 2.84. The highest BCUT2D eigenvalue weighted by Gasteiger charge is 2.23. The number of ether oxygens (including phenoxy) is 1. The Bertz CT molecular complexity index is 602. The fraction of sp³-hybridized carbons (Fsp3) is 0.200. The number of hydrogen-bond acceptors (Lipinski definition) is 3. The standard InChI is InChI=1S/C15H14FNOS/c16-11-4-5-15-10(6-11)7-13(18-15)9-19-14-3-1-2-12(17)8-14/h1-6,8,13H,7,9,17H2. The zero-order valence-corrected chi connectivity index (χ0v) is 11.1. The normalized spacial score (nSPS) is 17.0. The summed E-state index contributed by atoms with van der Waals surface area (Å²) >= 11 is 1.71. The van der Waals surface area contributed by atoms with Crippen LogP contribution in [0, 0.1) is 5.82 Å².